The molecule has 0 spiro atoms. The van der Waals surface area contributed by atoms with Gasteiger partial charge in [-0.05, 0) is 83.5 Å². The molecule has 0 radical (unpaired) electrons. The number of carbonyl (C=O) groups excluding carboxylic acids is 1. The third-order valence-electron chi connectivity index (χ3n) is 12.9. The van der Waals surface area contributed by atoms with Crippen LogP contribution in [-0.4, -0.2) is 34.9 Å². The van der Waals surface area contributed by atoms with E-state index in [4.69, 9.17) is 0 Å². The van der Waals surface area contributed by atoms with Crippen LogP contribution in [0.4, 0.5) is 0 Å². The molecule has 0 aromatic heterocycles. The molecule has 0 rings (SSSR count). The fourth-order valence-corrected chi connectivity index (χ4v) is 8.51. The van der Waals surface area contributed by atoms with E-state index in [0.717, 1.165) is 51.4 Å². The minimum absolute atomic E-state index is 0.0795. The van der Waals surface area contributed by atoms with Gasteiger partial charge in [-0.1, -0.05) is 273 Å². The monoisotopic (exact) mass is 906 g/mol. The zero-order valence-electron chi connectivity index (χ0n) is 43.5. The molecule has 1 amide bonds. The van der Waals surface area contributed by atoms with Gasteiger partial charge in [0, 0.05) is 6.42 Å². The summed E-state index contributed by atoms with van der Waals surface area (Å²) in [5, 5.41) is 23.2. The molecule has 0 aliphatic rings. The highest BCUT2D eigenvalue weighted by Gasteiger charge is 2.18. The molecule has 0 aliphatic heterocycles. The van der Waals surface area contributed by atoms with Gasteiger partial charge in [-0.15, -0.1) is 0 Å². The van der Waals surface area contributed by atoms with Crippen molar-refractivity contribution in [3.63, 3.8) is 0 Å². The quantitative estimate of drug-likeness (QED) is 0.0421. The van der Waals surface area contributed by atoms with Gasteiger partial charge in [0.1, 0.15) is 0 Å². The summed E-state index contributed by atoms with van der Waals surface area (Å²) in [5.74, 6) is -0.0795. The van der Waals surface area contributed by atoms with E-state index in [1.165, 1.54) is 218 Å². The number of aliphatic hydroxyl groups is 2. The van der Waals surface area contributed by atoms with Crippen LogP contribution in [0.2, 0.25) is 0 Å². The molecule has 0 heterocycles. The Morgan fingerprint density at radius 3 is 1.00 bits per heavy atom. The summed E-state index contributed by atoms with van der Waals surface area (Å²) < 4.78 is 0. The first-order valence-corrected chi connectivity index (χ1v) is 28.7. The molecule has 2 unspecified atom stereocenters. The first kappa shape index (κ1) is 62.8. The third-order valence-corrected chi connectivity index (χ3v) is 12.9. The molecule has 65 heavy (non-hydrogen) atoms. The van der Waals surface area contributed by atoms with E-state index < -0.39 is 12.1 Å². The molecule has 4 heteroatoms. The molecular weight excluding hydrogens is 795 g/mol. The fraction of sp³-hybridized carbons (Fsp3) is 0.787. The van der Waals surface area contributed by atoms with Crippen molar-refractivity contribution in [3.05, 3.63) is 72.9 Å². The van der Waals surface area contributed by atoms with Gasteiger partial charge in [-0.25, -0.2) is 0 Å². The number of unbranched alkanes of at least 4 members (excludes halogenated alkanes) is 35. The van der Waals surface area contributed by atoms with Crippen molar-refractivity contribution in [3.8, 4) is 0 Å². The van der Waals surface area contributed by atoms with Crippen LogP contribution in [0.1, 0.15) is 290 Å². The molecule has 0 saturated carbocycles. The predicted octanol–water partition coefficient (Wildman–Crippen LogP) is 19.0. The maximum atomic E-state index is 12.5. The lowest BCUT2D eigenvalue weighted by Gasteiger charge is -2.19. The summed E-state index contributed by atoms with van der Waals surface area (Å²) in [4.78, 5) is 12.5. The average molecular weight is 907 g/mol. The van der Waals surface area contributed by atoms with Crippen LogP contribution in [0, 0.1) is 0 Å². The van der Waals surface area contributed by atoms with Crippen molar-refractivity contribution < 1.29 is 15.0 Å². The lowest BCUT2D eigenvalue weighted by atomic mass is 10.0. The van der Waals surface area contributed by atoms with Crippen LogP contribution in [0.5, 0.6) is 0 Å². The lowest BCUT2D eigenvalue weighted by molar-refractivity contribution is -0.123. The molecule has 0 saturated heterocycles. The molecule has 4 nitrogen and oxygen atoms in total. The second kappa shape index (κ2) is 56.2. The SMILES string of the molecule is CCCCCCC/C=C\C/C=C\C/C=C\CCCCCCCCCCCCCCC(=O)NC(CO)C(O)/C=C/CC/C=C/CC/C=C/CCCCCCCCCCCCCCCCCC. The predicted molar refractivity (Wildman–Crippen MR) is 290 cm³/mol. The van der Waals surface area contributed by atoms with E-state index in [1.807, 2.05) is 6.08 Å². The first-order valence-electron chi connectivity index (χ1n) is 28.7. The van der Waals surface area contributed by atoms with Crippen LogP contribution in [0.25, 0.3) is 0 Å². The van der Waals surface area contributed by atoms with Crippen molar-refractivity contribution >= 4 is 5.91 Å². The topological polar surface area (TPSA) is 69.6 Å². The molecule has 2 atom stereocenters. The summed E-state index contributed by atoms with van der Waals surface area (Å²) in [6.45, 7) is 4.30. The number of hydrogen-bond donors (Lipinski definition) is 3. The Morgan fingerprint density at radius 1 is 0.369 bits per heavy atom. The van der Waals surface area contributed by atoms with Crippen molar-refractivity contribution in [1.29, 1.82) is 0 Å². The molecule has 378 valence electrons. The smallest absolute Gasteiger partial charge is 0.220 e. The molecular formula is C61H111NO3. The Kier molecular flexibility index (Phi) is 54.3. The number of rotatable bonds is 52. The van der Waals surface area contributed by atoms with Gasteiger partial charge in [-0.2, -0.15) is 0 Å². The van der Waals surface area contributed by atoms with Crippen LogP contribution in [0.15, 0.2) is 72.9 Å². The average Bonchev–Trinajstić information content (AvgIpc) is 3.31. The summed E-state index contributed by atoms with van der Waals surface area (Å²) in [6, 6.07) is -0.651. The molecule has 0 aromatic carbocycles. The van der Waals surface area contributed by atoms with Gasteiger partial charge in [-0.3, -0.25) is 4.79 Å². The number of allylic oxidation sites excluding steroid dienone is 11. The molecule has 0 fully saturated rings. The number of carbonyl (C=O) groups is 1. The van der Waals surface area contributed by atoms with E-state index in [0.29, 0.717) is 6.42 Å². The van der Waals surface area contributed by atoms with E-state index in [-0.39, 0.29) is 12.5 Å². The second-order valence-corrected chi connectivity index (χ2v) is 19.3. The van der Waals surface area contributed by atoms with Gasteiger partial charge in [0.15, 0.2) is 0 Å². The summed E-state index contributed by atoms with van der Waals surface area (Å²) in [6.07, 6.45) is 80.6. The highest BCUT2D eigenvalue weighted by atomic mass is 16.3. The Labute approximate surface area is 406 Å². The van der Waals surface area contributed by atoms with E-state index in [2.05, 4.69) is 79.9 Å². The Morgan fingerprint density at radius 2 is 0.646 bits per heavy atom. The number of amides is 1. The minimum atomic E-state index is -0.875. The van der Waals surface area contributed by atoms with Crippen LogP contribution in [0.3, 0.4) is 0 Å². The van der Waals surface area contributed by atoms with Crippen LogP contribution < -0.4 is 5.32 Å². The standard InChI is InChI=1S/C61H111NO3/c1-3-5-7-9-11-13-15-17-19-21-23-25-27-29-31-33-35-37-39-41-43-45-47-49-51-53-55-57-61(65)62-59(58-63)60(64)56-54-52-50-48-46-44-42-40-38-36-34-32-30-28-26-24-22-20-18-16-14-12-10-8-6-4-2/h15,17,21,23,27,29,38,40,46,48,54,56,59-60,63-64H,3-14,16,18-20,22,24-26,28,30-37,39,41-45,47,49-53,55,57-58H2,1-2H3,(H,62,65)/b17-15-,23-21-,29-27-,40-38+,48-46+,56-54+. The summed E-state index contributed by atoms with van der Waals surface area (Å²) in [7, 11) is 0. The zero-order valence-corrected chi connectivity index (χ0v) is 43.5. The Bertz CT molecular complexity index is 1120. The van der Waals surface area contributed by atoms with E-state index in [9.17, 15) is 15.0 Å². The van der Waals surface area contributed by atoms with Crippen molar-refractivity contribution in [2.24, 2.45) is 0 Å². The summed E-state index contributed by atoms with van der Waals surface area (Å²) >= 11 is 0. The lowest BCUT2D eigenvalue weighted by Crippen LogP contribution is -2.45. The molecule has 0 aromatic rings. The van der Waals surface area contributed by atoms with Gasteiger partial charge in [0.25, 0.3) is 0 Å². The zero-order chi connectivity index (χ0) is 47.0. The van der Waals surface area contributed by atoms with Gasteiger partial charge < -0.3 is 15.5 Å². The van der Waals surface area contributed by atoms with Crippen molar-refractivity contribution in [2.45, 2.75) is 302 Å². The molecule has 0 aliphatic carbocycles. The molecule has 3 N–H and O–H groups in total. The highest BCUT2D eigenvalue weighted by molar-refractivity contribution is 5.76. The van der Waals surface area contributed by atoms with Crippen LogP contribution in [-0.2, 0) is 4.79 Å². The van der Waals surface area contributed by atoms with Crippen LogP contribution >= 0.6 is 0 Å². The van der Waals surface area contributed by atoms with Gasteiger partial charge >= 0.3 is 0 Å². The summed E-state index contributed by atoms with van der Waals surface area (Å²) in [5.41, 5.74) is 0. The van der Waals surface area contributed by atoms with Crippen molar-refractivity contribution in [2.75, 3.05) is 6.61 Å². The van der Waals surface area contributed by atoms with Gasteiger partial charge in [0.05, 0.1) is 18.8 Å². The van der Waals surface area contributed by atoms with E-state index >= 15 is 0 Å². The number of nitrogens with one attached hydrogen (secondary N) is 1. The largest absolute Gasteiger partial charge is 0.394 e. The Balaban J connectivity index is 3.58. The highest BCUT2D eigenvalue weighted by Crippen LogP contribution is 2.16. The number of aliphatic hydroxyl groups excluding tert-OH is 2. The van der Waals surface area contributed by atoms with E-state index in [1.54, 1.807) is 6.08 Å². The Hall–Kier alpha value is -2.17. The van der Waals surface area contributed by atoms with Crippen molar-refractivity contribution in [1.82, 2.24) is 5.32 Å². The first-order chi connectivity index (χ1) is 32.2. The maximum Gasteiger partial charge on any atom is 0.220 e. The normalized spacial score (nSPS) is 13.4. The fourth-order valence-electron chi connectivity index (χ4n) is 8.51. The number of hydrogen-bond acceptors (Lipinski definition) is 3. The third kappa shape index (κ3) is 52.7. The minimum Gasteiger partial charge on any atom is -0.394 e. The maximum absolute atomic E-state index is 12.5. The van der Waals surface area contributed by atoms with Gasteiger partial charge in [0.2, 0.25) is 5.91 Å². The second-order valence-electron chi connectivity index (χ2n) is 19.3. The molecule has 0 bridgehead atoms.